The molecule has 2 amide bonds. The van der Waals surface area contributed by atoms with Gasteiger partial charge in [0.25, 0.3) is 5.91 Å². The minimum Gasteiger partial charge on any atom is -0.376 e. The molecule has 3 atom stereocenters. The van der Waals surface area contributed by atoms with E-state index in [4.69, 9.17) is 14.3 Å². The molecule has 3 aliphatic heterocycles. The molecule has 118 valence electrons. The van der Waals surface area contributed by atoms with Gasteiger partial charge >= 0.3 is 0 Å². The summed E-state index contributed by atoms with van der Waals surface area (Å²) in [4.78, 5) is 31.8. The Morgan fingerprint density at radius 1 is 1.33 bits per heavy atom. The first-order valence-corrected chi connectivity index (χ1v) is 7.55. The number of nitrogens with zero attached hydrogens (tertiary/aromatic N) is 2. The van der Waals surface area contributed by atoms with Gasteiger partial charge in [-0.1, -0.05) is 0 Å². The molecule has 7 heteroatoms. The zero-order valence-corrected chi connectivity index (χ0v) is 12.3. The molecular formula is C14H22N2O5. The van der Waals surface area contributed by atoms with Crippen LogP contribution < -0.4 is 0 Å². The second-order valence-electron chi connectivity index (χ2n) is 5.80. The third-order valence-corrected chi connectivity index (χ3v) is 4.44. The van der Waals surface area contributed by atoms with Crippen LogP contribution in [0.4, 0.5) is 0 Å². The maximum atomic E-state index is 12.5. The average molecular weight is 298 g/mol. The number of hydrogen-bond donors (Lipinski definition) is 0. The minimum atomic E-state index is -0.247. The summed E-state index contributed by atoms with van der Waals surface area (Å²) in [7, 11) is 1.51. The van der Waals surface area contributed by atoms with Crippen molar-refractivity contribution in [3.8, 4) is 0 Å². The molecule has 0 radical (unpaired) electrons. The van der Waals surface area contributed by atoms with E-state index in [2.05, 4.69) is 0 Å². The number of fused-ring (bicyclic) bond motifs is 1. The van der Waals surface area contributed by atoms with E-state index in [-0.39, 0.29) is 36.5 Å². The van der Waals surface area contributed by atoms with Crippen LogP contribution in [-0.4, -0.2) is 73.9 Å². The Labute approximate surface area is 124 Å². The zero-order chi connectivity index (χ0) is 14.8. The molecule has 0 aromatic rings. The predicted molar refractivity (Wildman–Crippen MR) is 72.1 cm³/mol. The van der Waals surface area contributed by atoms with Gasteiger partial charge in [-0.15, -0.1) is 0 Å². The summed E-state index contributed by atoms with van der Waals surface area (Å²) >= 11 is 0. The normalized spacial score (nSPS) is 32.3. The van der Waals surface area contributed by atoms with Crippen LogP contribution in [0.5, 0.6) is 0 Å². The number of carbonyl (C=O) groups is 2. The molecule has 0 N–H and O–H groups in total. The van der Waals surface area contributed by atoms with Gasteiger partial charge in [0.2, 0.25) is 5.91 Å². The molecule has 21 heavy (non-hydrogen) atoms. The van der Waals surface area contributed by atoms with Crippen LogP contribution in [0, 0.1) is 5.92 Å². The van der Waals surface area contributed by atoms with Crippen molar-refractivity contribution in [3.05, 3.63) is 0 Å². The molecule has 3 fully saturated rings. The summed E-state index contributed by atoms with van der Waals surface area (Å²) < 4.78 is 10.7. The number of carbonyl (C=O) groups excluding carboxylic acids is 2. The Balaban J connectivity index is 1.71. The Morgan fingerprint density at radius 3 is 2.90 bits per heavy atom. The minimum absolute atomic E-state index is 0.0309. The Hall–Kier alpha value is -1.18. The van der Waals surface area contributed by atoms with Crippen molar-refractivity contribution in [2.75, 3.05) is 40.0 Å². The molecule has 3 heterocycles. The summed E-state index contributed by atoms with van der Waals surface area (Å²) in [6.45, 7) is 2.35. The lowest BCUT2D eigenvalue weighted by Crippen LogP contribution is -2.55. The molecule has 7 nitrogen and oxygen atoms in total. The van der Waals surface area contributed by atoms with Crippen LogP contribution >= 0.6 is 0 Å². The predicted octanol–water partition coefficient (Wildman–Crippen LogP) is -0.197. The van der Waals surface area contributed by atoms with Crippen molar-refractivity contribution in [2.24, 2.45) is 5.92 Å². The summed E-state index contributed by atoms with van der Waals surface area (Å²) in [5.41, 5.74) is 0. The summed E-state index contributed by atoms with van der Waals surface area (Å²) in [5.74, 6) is -0.349. The first kappa shape index (κ1) is 14.7. The molecule has 0 spiro atoms. The molecule has 0 saturated carbocycles. The molecule has 0 unspecified atom stereocenters. The first-order chi connectivity index (χ1) is 10.2. The van der Waals surface area contributed by atoms with E-state index in [0.717, 1.165) is 12.8 Å². The third-order valence-electron chi connectivity index (χ3n) is 4.44. The van der Waals surface area contributed by atoms with Crippen molar-refractivity contribution >= 4 is 11.8 Å². The Bertz CT molecular complexity index is 410. The topological polar surface area (TPSA) is 68.3 Å². The quantitative estimate of drug-likeness (QED) is 0.722. The van der Waals surface area contributed by atoms with Crippen LogP contribution in [0.2, 0.25) is 0 Å². The number of methoxy groups -OCH3 is 1. The molecule has 3 aliphatic rings. The van der Waals surface area contributed by atoms with Crippen molar-refractivity contribution in [1.29, 1.82) is 0 Å². The van der Waals surface area contributed by atoms with Crippen molar-refractivity contribution < 1.29 is 23.9 Å². The van der Waals surface area contributed by atoms with Gasteiger partial charge in [0.05, 0.1) is 31.2 Å². The zero-order valence-electron chi connectivity index (χ0n) is 12.3. The maximum absolute atomic E-state index is 12.5. The molecule has 0 aromatic carbocycles. The number of hydroxylamine groups is 2. The number of likely N-dealkylation sites (tertiary alicyclic amines) is 1. The molecular weight excluding hydrogens is 276 g/mol. The second kappa shape index (κ2) is 6.29. The van der Waals surface area contributed by atoms with Gasteiger partial charge in [-0.2, -0.15) is 0 Å². The van der Waals surface area contributed by atoms with Crippen molar-refractivity contribution in [1.82, 2.24) is 9.96 Å². The van der Waals surface area contributed by atoms with Gasteiger partial charge < -0.3 is 14.4 Å². The van der Waals surface area contributed by atoms with Crippen LogP contribution in [0.15, 0.2) is 0 Å². The van der Waals surface area contributed by atoms with E-state index in [1.54, 1.807) is 4.90 Å². The van der Waals surface area contributed by atoms with Gasteiger partial charge in [0.15, 0.2) is 0 Å². The van der Waals surface area contributed by atoms with Gasteiger partial charge in [0, 0.05) is 20.3 Å². The highest BCUT2D eigenvalue weighted by Gasteiger charge is 2.45. The lowest BCUT2D eigenvalue weighted by molar-refractivity contribution is -0.178. The Morgan fingerprint density at radius 2 is 2.19 bits per heavy atom. The maximum Gasteiger partial charge on any atom is 0.251 e. The van der Waals surface area contributed by atoms with Crippen LogP contribution in [-0.2, 0) is 23.9 Å². The highest BCUT2D eigenvalue weighted by molar-refractivity contribution is 5.82. The summed E-state index contributed by atoms with van der Waals surface area (Å²) in [5, 5.41) is 1.44. The number of ether oxygens (including phenoxy) is 2. The van der Waals surface area contributed by atoms with Crippen LogP contribution in [0.1, 0.15) is 19.3 Å². The fourth-order valence-electron chi connectivity index (χ4n) is 3.44. The van der Waals surface area contributed by atoms with E-state index in [9.17, 15) is 9.59 Å². The molecule has 0 aromatic heterocycles. The number of piperidine rings is 1. The smallest absolute Gasteiger partial charge is 0.251 e. The fraction of sp³-hybridized carbons (Fsp3) is 0.857. The summed E-state index contributed by atoms with van der Waals surface area (Å²) in [6, 6.07) is 0.0798. The number of rotatable bonds is 3. The van der Waals surface area contributed by atoms with Gasteiger partial charge in [-0.25, -0.2) is 5.06 Å². The molecule has 3 saturated heterocycles. The molecule has 0 aliphatic carbocycles. The lowest BCUT2D eigenvalue weighted by Gasteiger charge is -2.40. The average Bonchev–Trinajstić information content (AvgIpc) is 3.16. The van der Waals surface area contributed by atoms with E-state index in [1.165, 1.54) is 12.2 Å². The van der Waals surface area contributed by atoms with Crippen LogP contribution in [0.25, 0.3) is 0 Å². The van der Waals surface area contributed by atoms with Gasteiger partial charge in [-0.05, 0) is 19.3 Å². The van der Waals surface area contributed by atoms with E-state index >= 15 is 0 Å². The van der Waals surface area contributed by atoms with E-state index < -0.39 is 0 Å². The molecule has 0 bridgehead atoms. The van der Waals surface area contributed by atoms with E-state index in [0.29, 0.717) is 32.7 Å². The first-order valence-electron chi connectivity index (χ1n) is 7.55. The number of amides is 2. The molecule has 3 rings (SSSR count). The fourth-order valence-corrected chi connectivity index (χ4v) is 3.44. The SMILES string of the molecule is COCC(=O)N1C[C@H](C(=O)N2CCCO2)C[C@@H]2OCC[C@@H]21. The standard InChI is InChI=1S/C14H22N2O5/c1-19-9-13(17)15-8-10(7-12-11(15)3-6-20-12)14(18)16-4-2-5-21-16/h10-12H,2-9H2,1H3/t10-,11+,12+/m1/s1. The van der Waals surface area contributed by atoms with Crippen molar-refractivity contribution in [3.63, 3.8) is 0 Å². The van der Waals surface area contributed by atoms with Crippen molar-refractivity contribution in [2.45, 2.75) is 31.4 Å². The largest absolute Gasteiger partial charge is 0.376 e. The van der Waals surface area contributed by atoms with Gasteiger partial charge in [0.1, 0.15) is 6.61 Å². The van der Waals surface area contributed by atoms with Gasteiger partial charge in [-0.3, -0.25) is 14.4 Å². The van der Waals surface area contributed by atoms with Crippen LogP contribution in [0.3, 0.4) is 0 Å². The van der Waals surface area contributed by atoms with E-state index in [1.807, 2.05) is 0 Å². The highest BCUT2D eigenvalue weighted by Crippen LogP contribution is 2.32. The monoisotopic (exact) mass is 298 g/mol. The number of hydrogen-bond acceptors (Lipinski definition) is 5. The Kier molecular flexibility index (Phi) is 4.42. The summed E-state index contributed by atoms with van der Waals surface area (Å²) in [6.07, 6.45) is 2.32. The second-order valence-corrected chi connectivity index (χ2v) is 5.80. The lowest BCUT2D eigenvalue weighted by atomic mass is 9.89. The highest BCUT2D eigenvalue weighted by atomic mass is 16.7. The third kappa shape index (κ3) is 2.90.